The highest BCUT2D eigenvalue weighted by atomic mass is 16.4. The second kappa shape index (κ2) is 4.14. The van der Waals surface area contributed by atoms with Crippen molar-refractivity contribution in [1.82, 2.24) is 0 Å². The molecule has 1 aromatic rings. The van der Waals surface area contributed by atoms with Crippen LogP contribution in [-0.4, -0.2) is 29.7 Å². The van der Waals surface area contributed by atoms with Gasteiger partial charge in [0.1, 0.15) is 6.04 Å². The number of benzene rings is 1. The molecular weight excluding hydrogens is 204 g/mol. The van der Waals surface area contributed by atoms with Crippen molar-refractivity contribution in [3.8, 4) is 0 Å². The van der Waals surface area contributed by atoms with Crippen LogP contribution in [0.15, 0.2) is 24.3 Å². The van der Waals surface area contributed by atoms with Gasteiger partial charge in [-0.25, -0.2) is 4.79 Å². The number of nitrogens with two attached hydrogens (primary N) is 1. The molecular formula is C12H16N2O2. The molecule has 0 fully saturated rings. The fourth-order valence-corrected chi connectivity index (χ4v) is 2.16. The molecule has 0 spiro atoms. The molecule has 86 valence electrons. The minimum Gasteiger partial charge on any atom is -0.480 e. The van der Waals surface area contributed by atoms with Gasteiger partial charge in [0.25, 0.3) is 0 Å². The third-order valence-corrected chi connectivity index (χ3v) is 3.04. The lowest BCUT2D eigenvalue weighted by Gasteiger charge is -2.37. The topological polar surface area (TPSA) is 66.6 Å². The van der Waals surface area contributed by atoms with E-state index in [4.69, 9.17) is 10.8 Å². The van der Waals surface area contributed by atoms with Crippen LogP contribution in [0.3, 0.4) is 0 Å². The number of nitrogens with zero attached hydrogens (tertiary/aromatic N) is 1. The third-order valence-electron chi connectivity index (χ3n) is 3.04. The van der Waals surface area contributed by atoms with E-state index in [0.717, 1.165) is 17.7 Å². The standard InChI is InChI=1S/C12H16N2O2/c1-8(12(15)16)14-7-10(13)6-9-4-2-3-5-11(9)14/h2-5,8,10H,6-7,13H2,1H3,(H,15,16). The summed E-state index contributed by atoms with van der Waals surface area (Å²) in [6.45, 7) is 2.29. The highest BCUT2D eigenvalue weighted by molar-refractivity contribution is 5.78. The lowest BCUT2D eigenvalue weighted by atomic mass is 9.97. The van der Waals surface area contributed by atoms with E-state index in [-0.39, 0.29) is 6.04 Å². The van der Waals surface area contributed by atoms with E-state index in [0.29, 0.717) is 6.54 Å². The van der Waals surface area contributed by atoms with E-state index >= 15 is 0 Å². The maximum atomic E-state index is 11.0. The van der Waals surface area contributed by atoms with Gasteiger partial charge in [0.05, 0.1) is 0 Å². The van der Waals surface area contributed by atoms with Gasteiger partial charge >= 0.3 is 5.97 Å². The highest BCUT2D eigenvalue weighted by Gasteiger charge is 2.28. The third kappa shape index (κ3) is 1.88. The minimum atomic E-state index is -0.816. The largest absolute Gasteiger partial charge is 0.480 e. The molecule has 2 atom stereocenters. The van der Waals surface area contributed by atoms with E-state index in [2.05, 4.69) is 0 Å². The van der Waals surface area contributed by atoms with E-state index in [1.165, 1.54) is 0 Å². The Kier molecular flexibility index (Phi) is 2.83. The van der Waals surface area contributed by atoms with Gasteiger partial charge < -0.3 is 15.7 Å². The minimum absolute atomic E-state index is 0.0108. The Bertz CT molecular complexity index is 406. The average Bonchev–Trinajstić information content (AvgIpc) is 2.26. The molecule has 0 radical (unpaired) electrons. The molecule has 0 aliphatic carbocycles. The number of carboxylic acid groups (broad SMARTS) is 1. The summed E-state index contributed by atoms with van der Waals surface area (Å²) in [5.41, 5.74) is 8.08. The molecule has 0 saturated carbocycles. The predicted octanol–water partition coefficient (Wildman–Crippen LogP) is 0.850. The lowest BCUT2D eigenvalue weighted by Crippen LogP contribution is -2.49. The van der Waals surface area contributed by atoms with Gasteiger partial charge in [-0.3, -0.25) is 0 Å². The Morgan fingerprint density at radius 1 is 1.56 bits per heavy atom. The van der Waals surface area contributed by atoms with E-state index in [9.17, 15) is 4.79 Å². The number of rotatable bonds is 2. The van der Waals surface area contributed by atoms with Crippen LogP contribution < -0.4 is 10.6 Å². The van der Waals surface area contributed by atoms with E-state index in [1.807, 2.05) is 29.2 Å². The van der Waals surface area contributed by atoms with Crippen LogP contribution in [0.4, 0.5) is 5.69 Å². The van der Waals surface area contributed by atoms with Crippen molar-refractivity contribution in [2.75, 3.05) is 11.4 Å². The molecule has 0 aromatic heterocycles. The molecule has 4 heteroatoms. The monoisotopic (exact) mass is 220 g/mol. The Labute approximate surface area is 94.7 Å². The number of hydrogen-bond acceptors (Lipinski definition) is 3. The summed E-state index contributed by atoms with van der Waals surface area (Å²) in [5.74, 6) is -0.816. The molecule has 2 rings (SSSR count). The number of aliphatic carboxylic acids is 1. The van der Waals surface area contributed by atoms with E-state index in [1.54, 1.807) is 6.92 Å². The van der Waals surface area contributed by atoms with Crippen molar-refractivity contribution < 1.29 is 9.90 Å². The van der Waals surface area contributed by atoms with Crippen LogP contribution in [0.25, 0.3) is 0 Å². The molecule has 1 heterocycles. The van der Waals surface area contributed by atoms with Crippen molar-refractivity contribution in [2.24, 2.45) is 5.73 Å². The number of para-hydroxylation sites is 1. The molecule has 1 aliphatic heterocycles. The first-order chi connectivity index (χ1) is 7.59. The van der Waals surface area contributed by atoms with Crippen LogP contribution in [0, 0.1) is 0 Å². The maximum absolute atomic E-state index is 11.0. The first-order valence-corrected chi connectivity index (χ1v) is 5.42. The first-order valence-electron chi connectivity index (χ1n) is 5.42. The zero-order valence-electron chi connectivity index (χ0n) is 9.26. The number of fused-ring (bicyclic) bond motifs is 1. The van der Waals surface area contributed by atoms with Crippen molar-refractivity contribution in [3.05, 3.63) is 29.8 Å². The van der Waals surface area contributed by atoms with Crippen molar-refractivity contribution in [2.45, 2.75) is 25.4 Å². The molecule has 2 unspecified atom stereocenters. The average molecular weight is 220 g/mol. The van der Waals surface area contributed by atoms with Gasteiger partial charge in [-0.05, 0) is 25.0 Å². The maximum Gasteiger partial charge on any atom is 0.326 e. The van der Waals surface area contributed by atoms with Gasteiger partial charge in [-0.1, -0.05) is 18.2 Å². The molecule has 3 N–H and O–H groups in total. The summed E-state index contributed by atoms with van der Waals surface area (Å²) >= 11 is 0. The fraction of sp³-hybridized carbons (Fsp3) is 0.417. The molecule has 1 aromatic carbocycles. The van der Waals surface area contributed by atoms with Crippen molar-refractivity contribution in [3.63, 3.8) is 0 Å². The van der Waals surface area contributed by atoms with Crippen LogP contribution in [-0.2, 0) is 11.2 Å². The van der Waals surface area contributed by atoms with Crippen molar-refractivity contribution >= 4 is 11.7 Å². The summed E-state index contributed by atoms with van der Waals surface area (Å²) in [7, 11) is 0. The summed E-state index contributed by atoms with van der Waals surface area (Å²) < 4.78 is 0. The number of anilines is 1. The second-order valence-corrected chi connectivity index (χ2v) is 4.26. The quantitative estimate of drug-likeness (QED) is 0.775. The summed E-state index contributed by atoms with van der Waals surface area (Å²) in [5, 5.41) is 9.06. The first kappa shape index (κ1) is 11.0. The van der Waals surface area contributed by atoms with Gasteiger partial charge in [0.2, 0.25) is 0 Å². The van der Waals surface area contributed by atoms with E-state index < -0.39 is 12.0 Å². The fourth-order valence-electron chi connectivity index (χ4n) is 2.16. The smallest absolute Gasteiger partial charge is 0.326 e. The molecule has 16 heavy (non-hydrogen) atoms. The van der Waals surface area contributed by atoms with Gasteiger partial charge in [0, 0.05) is 18.3 Å². The van der Waals surface area contributed by atoms with Crippen LogP contribution in [0.1, 0.15) is 12.5 Å². The van der Waals surface area contributed by atoms with Crippen LogP contribution in [0.5, 0.6) is 0 Å². The Morgan fingerprint density at radius 2 is 2.25 bits per heavy atom. The van der Waals surface area contributed by atoms with Gasteiger partial charge in [-0.2, -0.15) is 0 Å². The Morgan fingerprint density at radius 3 is 2.94 bits per heavy atom. The molecule has 4 nitrogen and oxygen atoms in total. The van der Waals surface area contributed by atoms with Crippen LogP contribution in [0.2, 0.25) is 0 Å². The molecule has 0 saturated heterocycles. The predicted molar refractivity (Wildman–Crippen MR) is 62.6 cm³/mol. The summed E-state index contributed by atoms with van der Waals surface area (Å²) in [4.78, 5) is 12.9. The van der Waals surface area contributed by atoms with Crippen molar-refractivity contribution in [1.29, 1.82) is 0 Å². The number of hydrogen-bond donors (Lipinski definition) is 2. The Hall–Kier alpha value is -1.55. The lowest BCUT2D eigenvalue weighted by molar-refractivity contribution is -0.138. The Balaban J connectivity index is 2.37. The number of carbonyl (C=O) groups is 1. The molecule has 0 bridgehead atoms. The van der Waals surface area contributed by atoms with Gasteiger partial charge in [0.15, 0.2) is 0 Å². The molecule has 0 amide bonds. The molecule has 1 aliphatic rings. The van der Waals surface area contributed by atoms with Crippen LogP contribution >= 0.6 is 0 Å². The zero-order valence-corrected chi connectivity index (χ0v) is 9.26. The SMILES string of the molecule is CC(C(=O)O)N1CC(N)Cc2ccccc21. The second-order valence-electron chi connectivity index (χ2n) is 4.26. The summed E-state index contributed by atoms with van der Waals surface area (Å²) in [6, 6.07) is 7.33. The normalized spacial score (nSPS) is 21.4. The highest BCUT2D eigenvalue weighted by Crippen LogP contribution is 2.27. The summed E-state index contributed by atoms with van der Waals surface area (Å²) in [6.07, 6.45) is 0.818. The number of carboxylic acids is 1. The van der Waals surface area contributed by atoms with Gasteiger partial charge in [-0.15, -0.1) is 0 Å². The zero-order chi connectivity index (χ0) is 11.7.